The van der Waals surface area contributed by atoms with Crippen molar-refractivity contribution in [1.82, 2.24) is 0 Å². The molecule has 487 valence electrons. The van der Waals surface area contributed by atoms with E-state index in [2.05, 4.69) is 158 Å². The molecule has 4 aromatic rings. The van der Waals surface area contributed by atoms with Crippen molar-refractivity contribution in [3.8, 4) is 11.1 Å². The summed E-state index contributed by atoms with van der Waals surface area (Å²) in [6.07, 6.45) is 34.0. The van der Waals surface area contributed by atoms with Crippen LogP contribution in [0.1, 0.15) is 339 Å². The number of rotatable bonds is 7. The maximum Gasteiger partial charge on any atom is 0 e. The Bertz CT molecular complexity index is 1530. The standard InChI is InChI=1S/C13H24.C13H12.C12H10.C11H22.C9H16.C3H8.10C2H6.CH3.Y/c2*1-3-7-12(8-4-1)11-13-9-5-2-6-10-13;1-3-7-11(8-4-1)12-9-5-2-6-10-12;1-5-11(4)8-6-7-10(2,3)9-11;1-2-8-5-7-3-4-9(8)6-7;1-3-2;10*1-2;;/h12-13H,1-11H2;1-10H,11H2;1-10H;5-9H2,1-4H3;7-9H,2-6H2,1H3;3H2,1-2H3;10*1-2H3;1H3;/q;;;;;;;;;;;;;;;;-1;. The fourth-order valence-electron chi connectivity index (χ4n) is 11.5. The predicted octanol–water partition coefficient (Wildman–Crippen LogP) is 30.1. The molecule has 5 fully saturated rings. The van der Waals surface area contributed by atoms with E-state index in [-0.39, 0.29) is 40.1 Å². The second kappa shape index (κ2) is 78.0. The molecule has 0 amide bonds. The van der Waals surface area contributed by atoms with Gasteiger partial charge in [-0.15, -0.1) is 0 Å². The van der Waals surface area contributed by atoms with Crippen molar-refractivity contribution in [3.63, 3.8) is 0 Å². The average molecular weight is 1230 g/mol. The van der Waals surface area contributed by atoms with Gasteiger partial charge in [0.15, 0.2) is 0 Å². The Balaban J connectivity index is -0.000000108. The maximum atomic E-state index is 2.45. The molecule has 4 unspecified atom stereocenters. The van der Waals surface area contributed by atoms with Gasteiger partial charge in [-0.1, -0.05) is 405 Å². The van der Waals surface area contributed by atoms with Crippen LogP contribution in [0.2, 0.25) is 0 Å². The van der Waals surface area contributed by atoms with Crippen LogP contribution in [-0.2, 0) is 39.1 Å². The first-order chi connectivity index (χ1) is 39.7. The smallest absolute Gasteiger partial charge is 0 e. The van der Waals surface area contributed by atoms with Gasteiger partial charge in [-0.2, -0.15) is 0 Å². The van der Waals surface area contributed by atoms with E-state index in [1.807, 2.05) is 151 Å². The van der Waals surface area contributed by atoms with Crippen molar-refractivity contribution in [2.24, 2.45) is 40.4 Å². The molecule has 0 nitrogen and oxygen atoms in total. The van der Waals surface area contributed by atoms with Crippen LogP contribution in [0.25, 0.3) is 11.1 Å². The maximum absolute atomic E-state index is 2.45. The first-order valence-corrected chi connectivity index (χ1v) is 35.8. The van der Waals surface area contributed by atoms with Crippen LogP contribution in [0.3, 0.4) is 0 Å². The number of hydrogen-bond donors (Lipinski definition) is 0. The van der Waals surface area contributed by atoms with E-state index >= 15 is 0 Å². The van der Waals surface area contributed by atoms with E-state index in [1.165, 1.54) is 106 Å². The minimum absolute atomic E-state index is 0. The van der Waals surface area contributed by atoms with E-state index in [0.717, 1.165) is 36.0 Å². The van der Waals surface area contributed by atoms with Crippen LogP contribution in [0.15, 0.2) is 121 Å². The predicted molar refractivity (Wildman–Crippen MR) is 391 cm³/mol. The van der Waals surface area contributed by atoms with E-state index in [1.54, 1.807) is 57.8 Å². The number of benzene rings is 4. The van der Waals surface area contributed by atoms with Gasteiger partial charge in [-0.25, -0.2) is 0 Å². The summed E-state index contributed by atoms with van der Waals surface area (Å²) in [5, 5.41) is 0. The Kier molecular flexibility index (Phi) is 94.0. The molecule has 0 spiro atoms. The molecule has 83 heavy (non-hydrogen) atoms. The summed E-state index contributed by atoms with van der Waals surface area (Å²) < 4.78 is 0. The first kappa shape index (κ1) is 100.0. The minimum atomic E-state index is 0. The van der Waals surface area contributed by atoms with E-state index < -0.39 is 0 Å². The quantitative estimate of drug-likeness (QED) is 0.162. The van der Waals surface area contributed by atoms with Gasteiger partial charge < -0.3 is 7.43 Å². The summed E-state index contributed by atoms with van der Waals surface area (Å²) in [6.45, 7) is 56.2. The first-order valence-electron chi connectivity index (χ1n) is 35.8. The molecule has 1 radical (unpaired) electrons. The van der Waals surface area contributed by atoms with Crippen LogP contribution < -0.4 is 0 Å². The molecular weight excluding hydrogens is 1070 g/mol. The van der Waals surface area contributed by atoms with Gasteiger partial charge in [0.05, 0.1) is 0 Å². The second-order valence-electron chi connectivity index (χ2n) is 21.0. The molecule has 0 aromatic heterocycles. The van der Waals surface area contributed by atoms with Crippen LogP contribution in [-0.4, -0.2) is 0 Å². The molecule has 1 heteroatoms. The molecule has 0 N–H and O–H groups in total. The number of fused-ring (bicyclic) bond motifs is 2. The summed E-state index contributed by atoms with van der Waals surface area (Å²) in [4.78, 5) is 0. The molecule has 9 rings (SSSR count). The van der Waals surface area contributed by atoms with Gasteiger partial charge in [0.2, 0.25) is 0 Å². The van der Waals surface area contributed by atoms with Crippen molar-refractivity contribution in [3.05, 3.63) is 140 Å². The summed E-state index contributed by atoms with van der Waals surface area (Å²) in [5.41, 5.74) is 6.56. The van der Waals surface area contributed by atoms with Gasteiger partial charge in [0.25, 0.3) is 0 Å². The van der Waals surface area contributed by atoms with Crippen LogP contribution >= 0.6 is 0 Å². The topological polar surface area (TPSA) is 0 Å². The molecule has 0 saturated heterocycles. The van der Waals surface area contributed by atoms with E-state index in [4.69, 9.17) is 0 Å². The molecule has 0 aliphatic heterocycles. The Morgan fingerprint density at radius 2 is 0.711 bits per heavy atom. The summed E-state index contributed by atoms with van der Waals surface area (Å²) >= 11 is 0. The third-order valence-electron chi connectivity index (χ3n) is 14.9. The number of hydrogen-bond acceptors (Lipinski definition) is 0. The Labute approximate surface area is 554 Å². The molecule has 5 aliphatic rings. The normalized spacial score (nSPS) is 18.4. The third-order valence-corrected chi connectivity index (χ3v) is 14.9. The summed E-state index contributed by atoms with van der Waals surface area (Å²) in [5.74, 6) is 5.68. The Morgan fingerprint density at radius 3 is 0.952 bits per heavy atom. The third kappa shape index (κ3) is 55.1. The van der Waals surface area contributed by atoms with Gasteiger partial charge in [-0.05, 0) is 114 Å². The molecule has 5 saturated carbocycles. The van der Waals surface area contributed by atoms with Crippen molar-refractivity contribution in [1.29, 1.82) is 0 Å². The Hall–Kier alpha value is -2.02. The molecule has 5 aliphatic carbocycles. The van der Waals surface area contributed by atoms with Gasteiger partial charge in [0, 0.05) is 32.7 Å². The monoisotopic (exact) mass is 1230 g/mol. The van der Waals surface area contributed by atoms with Crippen molar-refractivity contribution >= 4 is 0 Å². The van der Waals surface area contributed by atoms with Crippen molar-refractivity contribution < 1.29 is 32.7 Å². The zero-order valence-corrected chi connectivity index (χ0v) is 65.1. The fourth-order valence-corrected chi connectivity index (χ4v) is 11.5. The van der Waals surface area contributed by atoms with Crippen molar-refractivity contribution in [2.75, 3.05) is 0 Å². The molecule has 0 heterocycles. The van der Waals surface area contributed by atoms with Gasteiger partial charge in [0.1, 0.15) is 0 Å². The molecule has 4 aromatic carbocycles. The summed E-state index contributed by atoms with van der Waals surface area (Å²) in [6, 6.07) is 41.8. The SMILES string of the molecule is C1CCC(CC2CCCCC2)CC1.CC.CC.CC.CC.CC.CC.CC.CC.CC.CC.CCC.CCC1(C)CCCC(C)(C)C1.CCC1CC2CCC1C2.[CH3-].[Y].c1ccc(-c2ccccc2)cc1.c1ccc(Cc2ccccc2)cc1. The van der Waals surface area contributed by atoms with Crippen LogP contribution in [0.5, 0.6) is 0 Å². The largest absolute Gasteiger partial charge is 0.358 e. The average Bonchev–Trinajstić information content (AvgIpc) is 4.29. The van der Waals surface area contributed by atoms with Crippen LogP contribution in [0, 0.1) is 47.8 Å². The molecule has 2 bridgehead atoms. The fraction of sp³-hybridized carbons (Fsp3) is 0.695. The van der Waals surface area contributed by atoms with Gasteiger partial charge in [-0.3, -0.25) is 0 Å². The molecular formula is C82H155Y-. The minimum Gasteiger partial charge on any atom is -0.358 e. The zero-order chi connectivity index (χ0) is 63.6. The van der Waals surface area contributed by atoms with E-state index in [9.17, 15) is 0 Å². The second-order valence-corrected chi connectivity index (χ2v) is 21.0. The Morgan fingerprint density at radius 1 is 0.386 bits per heavy atom. The van der Waals surface area contributed by atoms with E-state index in [0.29, 0.717) is 10.8 Å². The zero-order valence-electron chi connectivity index (χ0n) is 62.3. The van der Waals surface area contributed by atoms with Gasteiger partial charge >= 0.3 is 0 Å². The van der Waals surface area contributed by atoms with Crippen LogP contribution in [0.4, 0.5) is 0 Å². The molecule has 4 atom stereocenters. The van der Waals surface area contributed by atoms with Crippen molar-refractivity contribution in [2.45, 2.75) is 335 Å². The summed E-state index contributed by atoms with van der Waals surface area (Å²) in [7, 11) is 0.